The third kappa shape index (κ3) is 3.21. The summed E-state index contributed by atoms with van der Waals surface area (Å²) in [5.74, 6) is -1.38. The number of nitriles is 1. The normalized spacial score (nSPS) is 16.3. The molecule has 3 rings (SSSR count). The lowest BCUT2D eigenvalue weighted by atomic mass is 10.2. The monoisotopic (exact) mass is 359 g/mol. The van der Waals surface area contributed by atoms with E-state index in [9.17, 15) is 14.4 Å². The van der Waals surface area contributed by atoms with Crippen molar-refractivity contribution in [3.05, 3.63) is 41.5 Å². The highest BCUT2D eigenvalue weighted by Crippen LogP contribution is 2.32. The van der Waals surface area contributed by atoms with Crippen LogP contribution in [0.3, 0.4) is 0 Å². The van der Waals surface area contributed by atoms with Crippen molar-refractivity contribution >= 4 is 11.7 Å². The quantitative estimate of drug-likeness (QED) is 0.823. The van der Waals surface area contributed by atoms with Crippen molar-refractivity contribution in [3.63, 3.8) is 0 Å². The number of hydrogen-bond donors (Lipinski definition) is 1. The molecule has 1 saturated heterocycles. The zero-order valence-corrected chi connectivity index (χ0v) is 14.2. The van der Waals surface area contributed by atoms with Gasteiger partial charge in [0, 0.05) is 12.8 Å². The van der Waals surface area contributed by atoms with Gasteiger partial charge in [0.2, 0.25) is 0 Å². The number of nitrogen functional groups attached to an aromatic ring is 1. The van der Waals surface area contributed by atoms with Crippen LogP contribution in [-0.4, -0.2) is 37.0 Å². The van der Waals surface area contributed by atoms with Gasteiger partial charge in [-0.05, 0) is 25.0 Å². The van der Waals surface area contributed by atoms with Crippen LogP contribution in [-0.2, 0) is 9.47 Å². The van der Waals surface area contributed by atoms with Gasteiger partial charge in [0.25, 0.3) is 0 Å². The zero-order valence-electron chi connectivity index (χ0n) is 14.2. The van der Waals surface area contributed by atoms with Crippen LogP contribution in [0.4, 0.5) is 10.1 Å². The Morgan fingerprint density at radius 1 is 1.54 bits per heavy atom. The maximum Gasteiger partial charge on any atom is 0.357 e. The molecule has 1 aliphatic heterocycles. The minimum absolute atomic E-state index is 0.0336. The van der Waals surface area contributed by atoms with Crippen LogP contribution in [0, 0.1) is 17.1 Å². The number of anilines is 1. The van der Waals surface area contributed by atoms with Gasteiger partial charge in [-0.1, -0.05) is 6.07 Å². The fourth-order valence-corrected chi connectivity index (χ4v) is 2.89. The summed E-state index contributed by atoms with van der Waals surface area (Å²) in [7, 11) is 1.20. The van der Waals surface area contributed by atoms with Gasteiger partial charge in [-0.3, -0.25) is 0 Å². The number of rotatable bonds is 5. The van der Waals surface area contributed by atoms with Gasteiger partial charge < -0.3 is 24.5 Å². The number of ether oxygens (including phenoxy) is 3. The van der Waals surface area contributed by atoms with Crippen LogP contribution in [0.15, 0.2) is 24.4 Å². The molecule has 1 atom stereocenters. The molecule has 136 valence electrons. The molecule has 1 aliphatic rings. The van der Waals surface area contributed by atoms with E-state index in [-0.39, 0.29) is 41.1 Å². The molecule has 1 aromatic heterocycles. The van der Waals surface area contributed by atoms with Crippen molar-refractivity contribution in [3.8, 4) is 17.5 Å². The minimum atomic E-state index is -0.738. The van der Waals surface area contributed by atoms with Crippen molar-refractivity contribution in [2.45, 2.75) is 18.9 Å². The molecule has 1 unspecified atom stereocenters. The van der Waals surface area contributed by atoms with Crippen molar-refractivity contribution < 1.29 is 23.4 Å². The van der Waals surface area contributed by atoms with E-state index in [4.69, 9.17) is 19.9 Å². The molecule has 0 amide bonds. The van der Waals surface area contributed by atoms with Gasteiger partial charge in [0.05, 0.1) is 30.2 Å². The van der Waals surface area contributed by atoms with Crippen molar-refractivity contribution in [1.29, 1.82) is 5.26 Å². The largest absolute Gasteiger partial charge is 0.486 e. The Kier molecular flexibility index (Phi) is 5.09. The SMILES string of the molecule is COC(=O)c1c(N)c(C#N)cn1-c1cccc(F)c1OCC1CCCO1. The molecular weight excluding hydrogens is 341 g/mol. The molecule has 0 bridgehead atoms. The van der Waals surface area contributed by atoms with Crippen LogP contribution < -0.4 is 10.5 Å². The number of esters is 1. The van der Waals surface area contributed by atoms with Gasteiger partial charge >= 0.3 is 5.97 Å². The van der Waals surface area contributed by atoms with Gasteiger partial charge in [-0.2, -0.15) is 5.26 Å². The van der Waals surface area contributed by atoms with Gasteiger partial charge in [-0.15, -0.1) is 0 Å². The van der Waals surface area contributed by atoms with Crippen molar-refractivity contribution in [1.82, 2.24) is 4.57 Å². The van der Waals surface area contributed by atoms with Crippen molar-refractivity contribution in [2.24, 2.45) is 0 Å². The van der Waals surface area contributed by atoms with Gasteiger partial charge in [0.15, 0.2) is 17.3 Å². The molecule has 2 N–H and O–H groups in total. The molecular formula is C18H18FN3O4. The van der Waals surface area contributed by atoms with E-state index in [0.717, 1.165) is 12.8 Å². The number of methoxy groups -OCH3 is 1. The summed E-state index contributed by atoms with van der Waals surface area (Å²) in [6.45, 7) is 0.841. The summed E-state index contributed by atoms with van der Waals surface area (Å²) in [4.78, 5) is 12.1. The lowest BCUT2D eigenvalue weighted by Crippen LogP contribution is -2.18. The fourth-order valence-electron chi connectivity index (χ4n) is 2.89. The Labute approximate surface area is 149 Å². The third-order valence-electron chi connectivity index (χ3n) is 4.19. The summed E-state index contributed by atoms with van der Waals surface area (Å²) in [5.41, 5.74) is 6.13. The number of benzene rings is 1. The third-order valence-corrected chi connectivity index (χ3v) is 4.19. The molecule has 26 heavy (non-hydrogen) atoms. The minimum Gasteiger partial charge on any atom is -0.486 e. The first-order valence-electron chi connectivity index (χ1n) is 8.09. The molecule has 0 radical (unpaired) electrons. The summed E-state index contributed by atoms with van der Waals surface area (Å²) >= 11 is 0. The highest BCUT2D eigenvalue weighted by Gasteiger charge is 2.25. The number of halogens is 1. The van der Waals surface area contributed by atoms with Gasteiger partial charge in [-0.25, -0.2) is 9.18 Å². The second kappa shape index (κ2) is 7.45. The van der Waals surface area contributed by atoms with Gasteiger partial charge in [0.1, 0.15) is 12.7 Å². The van der Waals surface area contributed by atoms with E-state index >= 15 is 0 Å². The van der Waals surface area contributed by atoms with E-state index in [1.807, 2.05) is 6.07 Å². The number of nitrogens with two attached hydrogens (primary N) is 1. The van der Waals surface area contributed by atoms with E-state index in [2.05, 4.69) is 0 Å². The van der Waals surface area contributed by atoms with Crippen LogP contribution >= 0.6 is 0 Å². The molecule has 8 heteroatoms. The van der Waals surface area contributed by atoms with E-state index in [1.54, 1.807) is 6.07 Å². The van der Waals surface area contributed by atoms with Crippen LogP contribution in [0.5, 0.6) is 5.75 Å². The average Bonchev–Trinajstić information content (AvgIpc) is 3.27. The number of hydrogen-bond acceptors (Lipinski definition) is 6. The average molecular weight is 359 g/mol. The molecule has 7 nitrogen and oxygen atoms in total. The standard InChI is InChI=1S/C18H18FN3O4/c1-24-18(23)16-15(21)11(8-20)9-22(16)14-6-2-5-13(19)17(14)26-10-12-4-3-7-25-12/h2,5-6,9,12H,3-4,7,10,21H2,1H3. The molecule has 0 aliphatic carbocycles. The summed E-state index contributed by atoms with van der Waals surface area (Å²) in [6, 6.07) is 6.21. The second-order valence-corrected chi connectivity index (χ2v) is 5.81. The van der Waals surface area contributed by atoms with E-state index < -0.39 is 11.8 Å². The molecule has 2 heterocycles. The number of nitrogens with zero attached hydrogens (tertiary/aromatic N) is 2. The molecule has 1 aromatic carbocycles. The van der Waals surface area contributed by atoms with Crippen LogP contribution in [0.2, 0.25) is 0 Å². The first-order valence-corrected chi connectivity index (χ1v) is 8.09. The zero-order chi connectivity index (χ0) is 18.7. The highest BCUT2D eigenvalue weighted by atomic mass is 19.1. The Hall–Kier alpha value is -3.05. The Bertz CT molecular complexity index is 866. The first-order chi connectivity index (χ1) is 12.6. The van der Waals surface area contributed by atoms with Crippen molar-refractivity contribution in [2.75, 3.05) is 26.1 Å². The van der Waals surface area contributed by atoms with E-state index in [0.29, 0.717) is 6.61 Å². The molecule has 0 spiro atoms. The Morgan fingerprint density at radius 3 is 3.00 bits per heavy atom. The predicted octanol–water partition coefficient (Wildman–Crippen LogP) is 2.41. The summed E-state index contributed by atoms with van der Waals surface area (Å²) < 4.78 is 31.6. The molecule has 0 saturated carbocycles. The highest BCUT2D eigenvalue weighted by molar-refractivity contribution is 5.96. The van der Waals surface area contributed by atoms with Crippen LogP contribution in [0.1, 0.15) is 28.9 Å². The fraction of sp³-hybridized carbons (Fsp3) is 0.333. The Balaban J connectivity index is 2.05. The topological polar surface area (TPSA) is 99.5 Å². The molecule has 1 fully saturated rings. The number of carbonyl (C=O) groups is 1. The summed E-state index contributed by atoms with van der Waals surface area (Å²) in [5, 5.41) is 9.21. The lowest BCUT2D eigenvalue weighted by Gasteiger charge is -2.17. The Morgan fingerprint density at radius 2 is 2.35 bits per heavy atom. The number of aromatic nitrogens is 1. The number of carbonyl (C=O) groups excluding carboxylic acids is 1. The molecule has 2 aromatic rings. The first kappa shape index (κ1) is 17.8. The van der Waals surface area contributed by atoms with Crippen LogP contribution in [0.25, 0.3) is 5.69 Å². The maximum absolute atomic E-state index is 14.4. The lowest BCUT2D eigenvalue weighted by molar-refractivity contribution is 0.0591. The van der Waals surface area contributed by atoms with E-state index in [1.165, 1.54) is 30.0 Å². The maximum atomic E-state index is 14.4. The summed E-state index contributed by atoms with van der Waals surface area (Å²) in [6.07, 6.45) is 3.03. The predicted molar refractivity (Wildman–Crippen MR) is 90.7 cm³/mol. The smallest absolute Gasteiger partial charge is 0.357 e. The second-order valence-electron chi connectivity index (χ2n) is 5.81. The number of para-hydroxylation sites is 1.